The largest absolute Gasteiger partial charge is 0.387 e. The minimum Gasteiger partial charge on any atom is -0.387 e. The van der Waals surface area contributed by atoms with Crippen LogP contribution in [0, 0.1) is 0 Å². The van der Waals surface area contributed by atoms with Gasteiger partial charge in [-0.05, 0) is 36.6 Å². The highest BCUT2D eigenvalue weighted by Crippen LogP contribution is 2.29. The first-order chi connectivity index (χ1) is 8.67. The van der Waals surface area contributed by atoms with Crippen molar-refractivity contribution >= 4 is 17.5 Å². The Kier molecular flexibility index (Phi) is 3.74. The first kappa shape index (κ1) is 12.7. The van der Waals surface area contributed by atoms with Crippen LogP contribution in [0.15, 0.2) is 18.2 Å². The Morgan fingerprint density at radius 2 is 2.17 bits per heavy atom. The van der Waals surface area contributed by atoms with Gasteiger partial charge in [0.15, 0.2) is 0 Å². The number of hydrogen-bond donors (Lipinski definition) is 2. The lowest BCUT2D eigenvalue weighted by atomic mass is 9.97. The number of nitrogens with zero attached hydrogens (tertiary/aromatic N) is 1. The van der Waals surface area contributed by atoms with Gasteiger partial charge in [0.1, 0.15) is 6.61 Å². The van der Waals surface area contributed by atoms with Gasteiger partial charge in [-0.1, -0.05) is 12.1 Å². The second-order valence-corrected chi connectivity index (χ2v) is 4.28. The lowest BCUT2D eigenvalue weighted by Gasteiger charge is -2.27. The van der Waals surface area contributed by atoms with Crippen molar-refractivity contribution in [1.82, 2.24) is 0 Å². The number of hydrogen-bond acceptors (Lipinski definition) is 4. The van der Waals surface area contributed by atoms with Crippen LogP contribution in [0.1, 0.15) is 17.5 Å². The van der Waals surface area contributed by atoms with Crippen LogP contribution in [0.25, 0.3) is 0 Å². The number of anilines is 1. The van der Waals surface area contributed by atoms with Crippen LogP contribution in [0.3, 0.4) is 0 Å². The maximum absolute atomic E-state index is 11.7. The zero-order valence-electron chi connectivity index (χ0n) is 10.1. The topological polar surface area (TPSA) is 83.6 Å². The zero-order valence-corrected chi connectivity index (χ0v) is 10.1. The number of carbonyl (C=O) groups excluding carboxylic acids is 2. The van der Waals surface area contributed by atoms with Crippen LogP contribution >= 0.6 is 0 Å². The number of aliphatic hydroxyl groups is 1. The molecular weight excluding hydrogens is 232 g/mol. The van der Waals surface area contributed by atoms with E-state index < -0.39 is 12.5 Å². The predicted molar refractivity (Wildman–Crippen MR) is 67.1 cm³/mol. The van der Waals surface area contributed by atoms with Gasteiger partial charge in [0, 0.05) is 6.42 Å². The summed E-state index contributed by atoms with van der Waals surface area (Å²) in [6, 6.07) is 5.60. The summed E-state index contributed by atoms with van der Waals surface area (Å²) in [7, 11) is 0. The van der Waals surface area contributed by atoms with Gasteiger partial charge in [-0.3, -0.25) is 9.59 Å². The molecule has 0 fully saturated rings. The van der Waals surface area contributed by atoms with E-state index in [1.165, 1.54) is 0 Å². The van der Waals surface area contributed by atoms with Gasteiger partial charge < -0.3 is 10.8 Å². The molecule has 1 heterocycles. The van der Waals surface area contributed by atoms with Gasteiger partial charge in [-0.2, -0.15) is 0 Å². The molecule has 3 N–H and O–H groups in total. The Bertz CT molecular complexity index is 485. The van der Waals surface area contributed by atoms with Gasteiger partial charge in [-0.15, -0.1) is 0 Å². The zero-order chi connectivity index (χ0) is 13.1. The van der Waals surface area contributed by atoms with E-state index in [2.05, 4.69) is 0 Å². The Hall–Kier alpha value is -1.72. The third kappa shape index (κ3) is 2.27. The molecule has 0 bridgehead atoms. The number of benzene rings is 1. The smallest absolute Gasteiger partial charge is 0.259 e. The highest BCUT2D eigenvalue weighted by Gasteiger charge is 2.28. The van der Waals surface area contributed by atoms with Gasteiger partial charge in [-0.25, -0.2) is 4.90 Å². The SMILES string of the molecule is NCCc1ccc2c(c1)CCC(=O)N2C(=O)CO. The molecule has 0 aliphatic carbocycles. The van der Waals surface area contributed by atoms with E-state index in [1.807, 2.05) is 12.1 Å². The van der Waals surface area contributed by atoms with Crippen LogP contribution < -0.4 is 10.6 Å². The fourth-order valence-electron chi connectivity index (χ4n) is 2.21. The van der Waals surface area contributed by atoms with Gasteiger partial charge in [0.25, 0.3) is 5.91 Å². The summed E-state index contributed by atoms with van der Waals surface area (Å²) in [6.07, 6.45) is 1.70. The molecule has 1 aliphatic rings. The molecule has 0 spiro atoms. The minimum absolute atomic E-state index is 0.256. The molecule has 5 nitrogen and oxygen atoms in total. The van der Waals surface area contributed by atoms with Crippen molar-refractivity contribution in [3.8, 4) is 0 Å². The molecule has 0 radical (unpaired) electrons. The lowest BCUT2D eigenvalue weighted by molar-refractivity contribution is -0.128. The average Bonchev–Trinajstić information content (AvgIpc) is 2.38. The molecule has 1 aromatic rings. The normalized spacial score (nSPS) is 14.6. The van der Waals surface area contributed by atoms with Crippen LogP contribution in [0.5, 0.6) is 0 Å². The van der Waals surface area contributed by atoms with Crippen molar-refractivity contribution in [3.63, 3.8) is 0 Å². The second kappa shape index (κ2) is 5.29. The van der Waals surface area contributed by atoms with Crippen LogP contribution in [0.4, 0.5) is 5.69 Å². The summed E-state index contributed by atoms with van der Waals surface area (Å²) in [5.74, 6) is -0.833. The van der Waals surface area contributed by atoms with Crippen molar-refractivity contribution < 1.29 is 14.7 Å². The highest BCUT2D eigenvalue weighted by molar-refractivity contribution is 6.16. The molecule has 18 heavy (non-hydrogen) atoms. The molecule has 0 unspecified atom stereocenters. The van der Waals surface area contributed by atoms with Crippen LogP contribution in [0.2, 0.25) is 0 Å². The fourth-order valence-corrected chi connectivity index (χ4v) is 2.21. The highest BCUT2D eigenvalue weighted by atomic mass is 16.3. The van der Waals surface area contributed by atoms with E-state index in [1.54, 1.807) is 6.07 Å². The Morgan fingerprint density at radius 1 is 1.39 bits per heavy atom. The molecule has 2 rings (SSSR count). The molecule has 0 aromatic heterocycles. The van der Waals surface area contributed by atoms with Crippen molar-refractivity contribution in [3.05, 3.63) is 29.3 Å². The summed E-state index contributed by atoms with van der Waals surface area (Å²) in [5, 5.41) is 8.91. The summed E-state index contributed by atoms with van der Waals surface area (Å²) in [4.78, 5) is 24.4. The molecular formula is C13H16N2O3. The second-order valence-electron chi connectivity index (χ2n) is 4.28. The summed E-state index contributed by atoms with van der Waals surface area (Å²) >= 11 is 0. The van der Waals surface area contributed by atoms with Crippen LogP contribution in [-0.2, 0) is 22.4 Å². The van der Waals surface area contributed by atoms with E-state index in [4.69, 9.17) is 10.8 Å². The quantitative estimate of drug-likeness (QED) is 0.787. The number of amides is 2. The van der Waals surface area contributed by atoms with Crippen molar-refractivity contribution in [1.29, 1.82) is 0 Å². The molecule has 1 aliphatic heterocycles. The van der Waals surface area contributed by atoms with Crippen LogP contribution in [-0.4, -0.2) is 30.1 Å². The summed E-state index contributed by atoms with van der Waals surface area (Å²) < 4.78 is 0. The molecule has 1 aromatic carbocycles. The molecule has 5 heteroatoms. The first-order valence-corrected chi connectivity index (χ1v) is 5.96. The number of nitrogens with two attached hydrogens (primary N) is 1. The maximum Gasteiger partial charge on any atom is 0.259 e. The van der Waals surface area contributed by atoms with E-state index in [0.717, 1.165) is 22.4 Å². The van der Waals surface area contributed by atoms with Gasteiger partial charge >= 0.3 is 0 Å². The number of aryl methyl sites for hydroxylation is 1. The third-order valence-electron chi connectivity index (χ3n) is 3.06. The van der Waals surface area contributed by atoms with E-state index in [0.29, 0.717) is 25.1 Å². The predicted octanol–water partition coefficient (Wildman–Crippen LogP) is -0.0141. The average molecular weight is 248 g/mol. The number of imide groups is 1. The monoisotopic (exact) mass is 248 g/mol. The Morgan fingerprint density at radius 3 is 2.83 bits per heavy atom. The third-order valence-corrected chi connectivity index (χ3v) is 3.06. The molecule has 0 saturated carbocycles. The Balaban J connectivity index is 2.38. The van der Waals surface area contributed by atoms with Gasteiger partial charge in [0.05, 0.1) is 5.69 Å². The van der Waals surface area contributed by atoms with Gasteiger partial charge in [0.2, 0.25) is 5.91 Å². The first-order valence-electron chi connectivity index (χ1n) is 5.96. The Labute approximate surface area is 105 Å². The van der Waals surface area contributed by atoms with E-state index >= 15 is 0 Å². The van der Waals surface area contributed by atoms with E-state index in [-0.39, 0.29) is 5.91 Å². The van der Waals surface area contributed by atoms with Crippen molar-refractivity contribution in [2.45, 2.75) is 19.3 Å². The van der Waals surface area contributed by atoms with E-state index in [9.17, 15) is 9.59 Å². The maximum atomic E-state index is 11.7. The molecule has 0 atom stereocenters. The number of fused-ring (bicyclic) bond motifs is 1. The standard InChI is InChI=1S/C13H16N2O3/c14-6-5-9-1-3-11-10(7-9)2-4-12(17)15(11)13(18)8-16/h1,3,7,16H,2,4-6,8,14H2. The van der Waals surface area contributed by atoms with Crippen molar-refractivity contribution in [2.75, 3.05) is 18.1 Å². The minimum atomic E-state index is -0.657. The number of aliphatic hydroxyl groups excluding tert-OH is 1. The molecule has 96 valence electrons. The summed E-state index contributed by atoms with van der Waals surface area (Å²) in [5.41, 5.74) is 8.15. The number of rotatable bonds is 3. The molecule has 2 amide bonds. The van der Waals surface area contributed by atoms with Crippen molar-refractivity contribution in [2.24, 2.45) is 5.73 Å². The number of carbonyl (C=O) groups is 2. The fraction of sp³-hybridized carbons (Fsp3) is 0.385. The molecule has 0 saturated heterocycles. The lowest BCUT2D eigenvalue weighted by Crippen LogP contribution is -2.41. The summed E-state index contributed by atoms with van der Waals surface area (Å²) in [6.45, 7) is -0.0905.